The van der Waals surface area contributed by atoms with E-state index >= 15 is 0 Å². The standard InChI is InChI=1S/C15H17NO2/c1-17-9-10-18-13-7-8-15(16)14(11-13)12-5-3-2-4-6-12/h2-8,11H,9-10,16H2,1H3. The van der Waals surface area contributed by atoms with Gasteiger partial charge in [-0.1, -0.05) is 30.3 Å². The monoisotopic (exact) mass is 243 g/mol. The van der Waals surface area contributed by atoms with Crippen LogP contribution in [0.1, 0.15) is 0 Å². The molecular weight excluding hydrogens is 226 g/mol. The summed E-state index contributed by atoms with van der Waals surface area (Å²) in [7, 11) is 1.65. The number of anilines is 1. The van der Waals surface area contributed by atoms with Crippen molar-refractivity contribution in [3.8, 4) is 16.9 Å². The van der Waals surface area contributed by atoms with Gasteiger partial charge in [-0.3, -0.25) is 0 Å². The van der Waals surface area contributed by atoms with Crippen LogP contribution in [0.15, 0.2) is 48.5 Å². The molecule has 0 aliphatic heterocycles. The third kappa shape index (κ3) is 3.02. The molecule has 94 valence electrons. The number of methoxy groups -OCH3 is 1. The fourth-order valence-corrected chi connectivity index (χ4v) is 1.74. The second-order valence-electron chi connectivity index (χ2n) is 3.96. The lowest BCUT2D eigenvalue weighted by Gasteiger charge is -2.10. The van der Waals surface area contributed by atoms with Crippen molar-refractivity contribution < 1.29 is 9.47 Å². The summed E-state index contributed by atoms with van der Waals surface area (Å²) in [5.41, 5.74) is 8.83. The van der Waals surface area contributed by atoms with Crippen molar-refractivity contribution in [1.82, 2.24) is 0 Å². The minimum absolute atomic E-state index is 0.536. The Hall–Kier alpha value is -2.00. The van der Waals surface area contributed by atoms with Gasteiger partial charge in [0.25, 0.3) is 0 Å². The van der Waals surface area contributed by atoms with E-state index in [0.717, 1.165) is 22.6 Å². The molecule has 0 atom stereocenters. The second kappa shape index (κ2) is 6.07. The quantitative estimate of drug-likeness (QED) is 0.648. The van der Waals surface area contributed by atoms with Crippen LogP contribution in [0, 0.1) is 0 Å². The van der Waals surface area contributed by atoms with Crippen LogP contribution in [0.3, 0.4) is 0 Å². The molecule has 18 heavy (non-hydrogen) atoms. The molecule has 0 unspecified atom stereocenters. The molecule has 0 fully saturated rings. The third-order valence-electron chi connectivity index (χ3n) is 2.67. The Balaban J connectivity index is 2.22. The fraction of sp³-hybridized carbons (Fsp3) is 0.200. The first-order chi connectivity index (χ1) is 8.81. The van der Waals surface area contributed by atoms with Crippen LogP contribution >= 0.6 is 0 Å². The Kier molecular flexibility index (Phi) is 4.20. The van der Waals surface area contributed by atoms with Crippen LogP contribution < -0.4 is 10.5 Å². The van der Waals surface area contributed by atoms with E-state index in [4.69, 9.17) is 15.2 Å². The van der Waals surface area contributed by atoms with Gasteiger partial charge in [-0.25, -0.2) is 0 Å². The van der Waals surface area contributed by atoms with Crippen molar-refractivity contribution in [2.75, 3.05) is 26.1 Å². The number of nitrogens with two attached hydrogens (primary N) is 1. The molecule has 3 nitrogen and oxygen atoms in total. The molecule has 0 aliphatic rings. The largest absolute Gasteiger partial charge is 0.491 e. The molecule has 3 heteroatoms. The van der Waals surface area contributed by atoms with Crippen LogP contribution in [-0.2, 0) is 4.74 Å². The van der Waals surface area contributed by atoms with Crippen molar-refractivity contribution in [2.45, 2.75) is 0 Å². The lowest BCUT2D eigenvalue weighted by molar-refractivity contribution is 0.146. The number of ether oxygens (including phenoxy) is 2. The molecule has 0 amide bonds. The highest BCUT2D eigenvalue weighted by atomic mass is 16.5. The maximum atomic E-state index is 6.00. The number of nitrogen functional groups attached to an aromatic ring is 1. The molecule has 0 radical (unpaired) electrons. The molecule has 0 saturated carbocycles. The summed E-state index contributed by atoms with van der Waals surface area (Å²) in [5, 5.41) is 0. The maximum Gasteiger partial charge on any atom is 0.120 e. The van der Waals surface area contributed by atoms with Crippen LogP contribution in [0.25, 0.3) is 11.1 Å². The SMILES string of the molecule is COCCOc1ccc(N)c(-c2ccccc2)c1. The van der Waals surface area contributed by atoms with Crippen LogP contribution in [-0.4, -0.2) is 20.3 Å². The molecule has 0 heterocycles. The van der Waals surface area contributed by atoms with Gasteiger partial charge in [-0.05, 0) is 23.8 Å². The first-order valence-corrected chi connectivity index (χ1v) is 5.88. The topological polar surface area (TPSA) is 44.5 Å². The van der Waals surface area contributed by atoms with Crippen LogP contribution in [0.2, 0.25) is 0 Å². The highest BCUT2D eigenvalue weighted by molar-refractivity contribution is 5.77. The zero-order chi connectivity index (χ0) is 12.8. The summed E-state index contributed by atoms with van der Waals surface area (Å²) >= 11 is 0. The van der Waals surface area contributed by atoms with E-state index in [1.165, 1.54) is 0 Å². The molecule has 0 spiro atoms. The van der Waals surface area contributed by atoms with Crippen LogP contribution in [0.5, 0.6) is 5.75 Å². The summed E-state index contributed by atoms with van der Waals surface area (Å²) in [4.78, 5) is 0. The first kappa shape index (κ1) is 12.5. The lowest BCUT2D eigenvalue weighted by Crippen LogP contribution is -2.04. The average Bonchev–Trinajstić information content (AvgIpc) is 2.42. The predicted octanol–water partition coefficient (Wildman–Crippen LogP) is 2.96. The van der Waals surface area contributed by atoms with Gasteiger partial charge in [0.05, 0.1) is 6.61 Å². The lowest BCUT2D eigenvalue weighted by atomic mass is 10.0. The van der Waals surface area contributed by atoms with Gasteiger partial charge in [-0.2, -0.15) is 0 Å². The predicted molar refractivity (Wildman–Crippen MR) is 73.7 cm³/mol. The van der Waals surface area contributed by atoms with Crippen molar-refractivity contribution in [3.63, 3.8) is 0 Å². The Labute approximate surface area is 107 Å². The summed E-state index contributed by atoms with van der Waals surface area (Å²) in [6.07, 6.45) is 0. The van der Waals surface area contributed by atoms with Crippen molar-refractivity contribution >= 4 is 5.69 Å². The van der Waals surface area contributed by atoms with E-state index in [9.17, 15) is 0 Å². The zero-order valence-electron chi connectivity index (χ0n) is 10.4. The van der Waals surface area contributed by atoms with E-state index in [2.05, 4.69) is 0 Å². The molecule has 0 aliphatic carbocycles. The Morgan fingerprint density at radius 1 is 1.00 bits per heavy atom. The normalized spacial score (nSPS) is 10.3. The summed E-state index contributed by atoms with van der Waals surface area (Å²) in [6.45, 7) is 1.11. The molecular formula is C15H17NO2. The minimum atomic E-state index is 0.536. The maximum absolute atomic E-state index is 6.00. The van der Waals surface area contributed by atoms with Gasteiger partial charge < -0.3 is 15.2 Å². The molecule has 2 rings (SSSR count). The van der Waals surface area contributed by atoms with E-state index in [0.29, 0.717) is 13.2 Å². The highest BCUT2D eigenvalue weighted by Gasteiger charge is 2.04. The summed E-state index contributed by atoms with van der Waals surface area (Å²) < 4.78 is 10.5. The van der Waals surface area contributed by atoms with Gasteiger partial charge in [0.1, 0.15) is 12.4 Å². The smallest absolute Gasteiger partial charge is 0.120 e. The molecule has 2 N–H and O–H groups in total. The molecule has 2 aromatic carbocycles. The average molecular weight is 243 g/mol. The number of hydrogen-bond donors (Lipinski definition) is 1. The number of rotatable bonds is 5. The summed E-state index contributed by atoms with van der Waals surface area (Å²) in [5.74, 6) is 0.806. The summed E-state index contributed by atoms with van der Waals surface area (Å²) in [6, 6.07) is 15.7. The molecule has 2 aromatic rings. The van der Waals surface area contributed by atoms with Crippen molar-refractivity contribution in [1.29, 1.82) is 0 Å². The van der Waals surface area contributed by atoms with E-state index in [1.807, 2.05) is 48.5 Å². The molecule has 0 aromatic heterocycles. The zero-order valence-corrected chi connectivity index (χ0v) is 10.4. The van der Waals surface area contributed by atoms with Gasteiger partial charge in [-0.15, -0.1) is 0 Å². The molecule has 0 saturated heterocycles. The number of benzene rings is 2. The van der Waals surface area contributed by atoms with Crippen molar-refractivity contribution in [3.05, 3.63) is 48.5 Å². The fourth-order valence-electron chi connectivity index (χ4n) is 1.74. The first-order valence-electron chi connectivity index (χ1n) is 5.88. The minimum Gasteiger partial charge on any atom is -0.491 e. The van der Waals surface area contributed by atoms with Gasteiger partial charge >= 0.3 is 0 Å². The van der Waals surface area contributed by atoms with Gasteiger partial charge in [0.2, 0.25) is 0 Å². The highest BCUT2D eigenvalue weighted by Crippen LogP contribution is 2.29. The Bertz CT molecular complexity index is 497. The third-order valence-corrected chi connectivity index (χ3v) is 2.67. The van der Waals surface area contributed by atoms with E-state index < -0.39 is 0 Å². The van der Waals surface area contributed by atoms with Gasteiger partial charge in [0, 0.05) is 18.4 Å². The second-order valence-corrected chi connectivity index (χ2v) is 3.96. The number of hydrogen-bond acceptors (Lipinski definition) is 3. The van der Waals surface area contributed by atoms with E-state index in [-0.39, 0.29) is 0 Å². The Morgan fingerprint density at radius 2 is 1.78 bits per heavy atom. The van der Waals surface area contributed by atoms with E-state index in [1.54, 1.807) is 7.11 Å². The van der Waals surface area contributed by atoms with Gasteiger partial charge in [0.15, 0.2) is 0 Å². The van der Waals surface area contributed by atoms with Crippen LogP contribution in [0.4, 0.5) is 5.69 Å². The molecule has 0 bridgehead atoms. The Morgan fingerprint density at radius 3 is 2.50 bits per heavy atom. The van der Waals surface area contributed by atoms with Crippen molar-refractivity contribution in [2.24, 2.45) is 0 Å².